The van der Waals surface area contributed by atoms with Gasteiger partial charge in [0.05, 0.1) is 0 Å². The quantitative estimate of drug-likeness (QED) is 0.857. The third kappa shape index (κ3) is 4.71. The van der Waals surface area contributed by atoms with Crippen molar-refractivity contribution in [3.8, 4) is 5.75 Å². The maximum absolute atomic E-state index is 12.4. The number of aryl methyl sites for hydroxylation is 1. The lowest BCUT2D eigenvalue weighted by Gasteiger charge is -2.16. The monoisotopic (exact) mass is 356 g/mol. The van der Waals surface area contributed by atoms with E-state index in [1.54, 1.807) is 11.2 Å². The third-order valence-corrected chi connectivity index (χ3v) is 3.53. The highest BCUT2D eigenvalue weighted by atomic mass is 19.4. The van der Waals surface area contributed by atoms with E-state index >= 15 is 0 Å². The van der Waals surface area contributed by atoms with Crippen molar-refractivity contribution in [1.29, 1.82) is 0 Å². The lowest BCUT2D eigenvalue weighted by Crippen LogP contribution is -2.30. The average molecular weight is 356 g/mol. The highest BCUT2D eigenvalue weighted by Gasteiger charge is 2.35. The van der Waals surface area contributed by atoms with Crippen molar-refractivity contribution in [2.45, 2.75) is 45.9 Å². The van der Waals surface area contributed by atoms with E-state index in [2.05, 4.69) is 29.2 Å². The van der Waals surface area contributed by atoms with Crippen LogP contribution in [-0.4, -0.2) is 27.2 Å². The van der Waals surface area contributed by atoms with Crippen LogP contribution in [-0.2, 0) is 11.0 Å². The molecule has 9 heteroatoms. The van der Waals surface area contributed by atoms with Crippen LogP contribution in [0.2, 0.25) is 0 Å². The molecule has 0 radical (unpaired) electrons. The summed E-state index contributed by atoms with van der Waals surface area (Å²) in [5, 5.41) is 7.22. The van der Waals surface area contributed by atoms with Gasteiger partial charge in [-0.15, -0.1) is 5.10 Å². The zero-order valence-electron chi connectivity index (χ0n) is 14.2. The summed E-state index contributed by atoms with van der Waals surface area (Å²) in [4.78, 5) is 15.2. The number of carbonyl (C=O) groups is 1. The van der Waals surface area contributed by atoms with E-state index in [-0.39, 0.29) is 0 Å². The fourth-order valence-electron chi connectivity index (χ4n) is 2.28. The van der Waals surface area contributed by atoms with Crippen molar-refractivity contribution in [2.75, 3.05) is 5.32 Å². The number of amides is 1. The lowest BCUT2D eigenvalue weighted by atomic mass is 9.98. The molecule has 0 aliphatic heterocycles. The molecule has 0 fully saturated rings. The molecular weight excluding hydrogens is 337 g/mol. The van der Waals surface area contributed by atoms with Crippen LogP contribution < -0.4 is 10.1 Å². The number of rotatable bonds is 5. The number of halogens is 3. The van der Waals surface area contributed by atoms with E-state index in [0.29, 0.717) is 11.7 Å². The number of aromatic amines is 1. The summed E-state index contributed by atoms with van der Waals surface area (Å²) in [6, 6.07) is 5.49. The van der Waals surface area contributed by atoms with Gasteiger partial charge in [-0.25, -0.2) is 0 Å². The van der Waals surface area contributed by atoms with E-state index in [4.69, 9.17) is 4.74 Å². The molecule has 1 amide bonds. The summed E-state index contributed by atoms with van der Waals surface area (Å²) < 4.78 is 42.9. The normalized spacial score (nSPS) is 13.0. The van der Waals surface area contributed by atoms with Gasteiger partial charge < -0.3 is 4.74 Å². The molecule has 1 aromatic heterocycles. The molecule has 1 atom stereocenters. The van der Waals surface area contributed by atoms with Crippen LogP contribution in [0.15, 0.2) is 18.2 Å². The van der Waals surface area contributed by atoms with Crippen LogP contribution in [0.4, 0.5) is 19.1 Å². The molecule has 1 heterocycles. The number of alkyl halides is 3. The number of nitrogens with zero attached hydrogens (tertiary/aromatic N) is 2. The Labute approximate surface area is 142 Å². The predicted molar refractivity (Wildman–Crippen MR) is 85.4 cm³/mol. The maximum atomic E-state index is 12.4. The fourth-order valence-corrected chi connectivity index (χ4v) is 2.28. The van der Waals surface area contributed by atoms with Gasteiger partial charge in [0.15, 0.2) is 6.10 Å². The Morgan fingerprint density at radius 3 is 2.48 bits per heavy atom. The van der Waals surface area contributed by atoms with E-state index in [1.807, 2.05) is 19.1 Å². The number of benzene rings is 1. The van der Waals surface area contributed by atoms with Gasteiger partial charge in [-0.2, -0.15) is 18.2 Å². The summed E-state index contributed by atoms with van der Waals surface area (Å²) in [7, 11) is 0. The SMILES string of the molecule is Cc1cc(OC(C)C(=O)Nc2n[nH]c(C(F)(F)F)n2)ccc1C(C)C. The van der Waals surface area contributed by atoms with Crippen molar-refractivity contribution in [3.05, 3.63) is 35.2 Å². The van der Waals surface area contributed by atoms with Crippen LogP contribution in [0.1, 0.15) is 43.6 Å². The van der Waals surface area contributed by atoms with E-state index in [9.17, 15) is 18.0 Å². The highest BCUT2D eigenvalue weighted by molar-refractivity contribution is 5.92. The van der Waals surface area contributed by atoms with Gasteiger partial charge in [0.25, 0.3) is 5.91 Å². The first-order valence-corrected chi connectivity index (χ1v) is 7.65. The van der Waals surface area contributed by atoms with Crippen LogP contribution in [0.5, 0.6) is 5.75 Å². The van der Waals surface area contributed by atoms with Crippen LogP contribution in [0.3, 0.4) is 0 Å². The fraction of sp³-hybridized carbons (Fsp3) is 0.438. The van der Waals surface area contributed by atoms with Crippen LogP contribution >= 0.6 is 0 Å². The van der Waals surface area contributed by atoms with Crippen molar-refractivity contribution < 1.29 is 22.7 Å². The molecule has 0 saturated carbocycles. The second kappa shape index (κ2) is 7.12. The molecule has 0 aliphatic rings. The van der Waals surface area contributed by atoms with E-state index in [0.717, 1.165) is 5.56 Å². The first-order chi connectivity index (χ1) is 11.6. The second-order valence-corrected chi connectivity index (χ2v) is 5.93. The van der Waals surface area contributed by atoms with Crippen molar-refractivity contribution >= 4 is 11.9 Å². The number of hydrogen-bond acceptors (Lipinski definition) is 4. The first kappa shape index (κ1) is 18.8. The standard InChI is InChI=1S/C16H19F3N4O2/c1-8(2)12-6-5-11(7-9(12)3)25-10(4)13(24)20-15-21-14(22-23-15)16(17,18)19/h5-8,10H,1-4H3,(H2,20,21,22,23,24). The first-order valence-electron chi connectivity index (χ1n) is 7.65. The smallest absolute Gasteiger partial charge is 0.451 e. The summed E-state index contributed by atoms with van der Waals surface area (Å²) >= 11 is 0. The lowest BCUT2D eigenvalue weighted by molar-refractivity contribution is -0.144. The molecule has 2 rings (SSSR count). The predicted octanol–water partition coefficient (Wildman–Crippen LogP) is 3.66. The van der Waals surface area contributed by atoms with Crippen molar-refractivity contribution in [3.63, 3.8) is 0 Å². The summed E-state index contributed by atoms with van der Waals surface area (Å²) in [5.74, 6) is -1.53. The molecule has 0 spiro atoms. The highest BCUT2D eigenvalue weighted by Crippen LogP contribution is 2.26. The Balaban J connectivity index is 2.01. The molecule has 136 valence electrons. The Morgan fingerprint density at radius 2 is 1.96 bits per heavy atom. The van der Waals surface area contributed by atoms with E-state index in [1.165, 1.54) is 12.5 Å². The molecule has 0 saturated heterocycles. The Kier molecular flexibility index (Phi) is 5.34. The van der Waals surface area contributed by atoms with Gasteiger partial charge >= 0.3 is 6.18 Å². The van der Waals surface area contributed by atoms with Crippen LogP contribution in [0.25, 0.3) is 0 Å². The van der Waals surface area contributed by atoms with Crippen molar-refractivity contribution in [1.82, 2.24) is 15.2 Å². The van der Waals surface area contributed by atoms with Crippen LogP contribution in [0, 0.1) is 6.92 Å². The number of hydrogen-bond donors (Lipinski definition) is 2. The molecule has 25 heavy (non-hydrogen) atoms. The molecule has 6 nitrogen and oxygen atoms in total. The molecule has 2 aromatic rings. The summed E-state index contributed by atoms with van der Waals surface area (Å²) in [6.07, 6.45) is -5.59. The number of H-pyrrole nitrogens is 1. The van der Waals surface area contributed by atoms with Crippen molar-refractivity contribution in [2.24, 2.45) is 0 Å². The summed E-state index contributed by atoms with van der Waals surface area (Å²) in [5.41, 5.74) is 2.20. The van der Waals surface area contributed by atoms with Gasteiger partial charge in [0, 0.05) is 0 Å². The molecule has 1 unspecified atom stereocenters. The molecular formula is C16H19F3N4O2. The van der Waals surface area contributed by atoms with Gasteiger partial charge in [-0.05, 0) is 43.0 Å². The zero-order chi connectivity index (χ0) is 18.8. The minimum absolute atomic E-state index is 0.364. The molecule has 1 aromatic carbocycles. The minimum Gasteiger partial charge on any atom is -0.481 e. The second-order valence-electron chi connectivity index (χ2n) is 5.93. The zero-order valence-corrected chi connectivity index (χ0v) is 14.2. The average Bonchev–Trinajstić information content (AvgIpc) is 2.95. The number of anilines is 1. The largest absolute Gasteiger partial charge is 0.481 e. The number of aromatic nitrogens is 3. The van der Waals surface area contributed by atoms with E-state index < -0.39 is 30.0 Å². The van der Waals surface area contributed by atoms with Gasteiger partial charge in [0.1, 0.15) is 5.75 Å². The van der Waals surface area contributed by atoms with Gasteiger partial charge in [-0.3, -0.25) is 15.2 Å². The molecule has 0 bridgehead atoms. The molecule has 0 aliphatic carbocycles. The van der Waals surface area contributed by atoms with Gasteiger partial charge in [-0.1, -0.05) is 19.9 Å². The minimum atomic E-state index is -4.66. The Bertz CT molecular complexity index is 756. The summed E-state index contributed by atoms with van der Waals surface area (Å²) in [6.45, 7) is 7.58. The topological polar surface area (TPSA) is 79.9 Å². The number of nitrogens with one attached hydrogen (secondary N) is 2. The van der Waals surface area contributed by atoms with Gasteiger partial charge in [0.2, 0.25) is 11.8 Å². The Morgan fingerprint density at radius 1 is 1.28 bits per heavy atom. The maximum Gasteiger partial charge on any atom is 0.451 e. The number of ether oxygens (including phenoxy) is 1. The number of carbonyl (C=O) groups excluding carboxylic acids is 1. The Hall–Kier alpha value is -2.58. The molecule has 2 N–H and O–H groups in total. The third-order valence-electron chi connectivity index (χ3n) is 3.53.